The predicted molar refractivity (Wildman–Crippen MR) is 76.6 cm³/mol. The molecule has 0 aliphatic heterocycles. The van der Waals surface area contributed by atoms with E-state index in [-0.39, 0.29) is 0 Å². The fourth-order valence-corrected chi connectivity index (χ4v) is 3.46. The standard InChI is InChI=1S/C17H24/c1-5-15-12(3)11-17(14-9-7-8-10-14)16(6-2)13(15)4/h6,11,14H,2,5,7-10H2,1,3-4H3. The van der Waals surface area contributed by atoms with Crippen molar-refractivity contribution in [2.75, 3.05) is 0 Å². The molecule has 1 aliphatic rings. The summed E-state index contributed by atoms with van der Waals surface area (Å²) in [7, 11) is 0. The third kappa shape index (κ3) is 2.18. The molecule has 0 bridgehead atoms. The van der Waals surface area contributed by atoms with E-state index in [1.54, 1.807) is 5.56 Å². The smallest absolute Gasteiger partial charge is 0.0156 e. The van der Waals surface area contributed by atoms with Gasteiger partial charge in [0.15, 0.2) is 0 Å². The van der Waals surface area contributed by atoms with Gasteiger partial charge >= 0.3 is 0 Å². The molecule has 0 N–H and O–H groups in total. The summed E-state index contributed by atoms with van der Waals surface area (Å²) in [5.74, 6) is 0.784. The lowest BCUT2D eigenvalue weighted by atomic mass is 9.85. The van der Waals surface area contributed by atoms with Crippen LogP contribution in [0.25, 0.3) is 6.08 Å². The Morgan fingerprint density at radius 2 is 1.94 bits per heavy atom. The molecule has 1 saturated carbocycles. The largest absolute Gasteiger partial charge is 0.0984 e. The number of hydrogen-bond acceptors (Lipinski definition) is 0. The average molecular weight is 228 g/mol. The lowest BCUT2D eigenvalue weighted by Crippen LogP contribution is -2.03. The number of rotatable bonds is 3. The zero-order valence-corrected chi connectivity index (χ0v) is 11.5. The van der Waals surface area contributed by atoms with Gasteiger partial charge in [0.2, 0.25) is 0 Å². The van der Waals surface area contributed by atoms with Gasteiger partial charge in [-0.05, 0) is 66.8 Å². The summed E-state index contributed by atoms with van der Waals surface area (Å²) in [4.78, 5) is 0. The van der Waals surface area contributed by atoms with Gasteiger partial charge in [0.25, 0.3) is 0 Å². The minimum atomic E-state index is 0.784. The molecule has 0 nitrogen and oxygen atoms in total. The van der Waals surface area contributed by atoms with Crippen molar-refractivity contribution in [3.63, 3.8) is 0 Å². The zero-order chi connectivity index (χ0) is 12.4. The molecule has 2 rings (SSSR count). The van der Waals surface area contributed by atoms with Crippen LogP contribution in [0.5, 0.6) is 0 Å². The minimum absolute atomic E-state index is 0.784. The van der Waals surface area contributed by atoms with Crippen molar-refractivity contribution >= 4 is 6.08 Å². The second kappa shape index (κ2) is 5.08. The molecule has 0 amide bonds. The monoisotopic (exact) mass is 228 g/mol. The highest BCUT2D eigenvalue weighted by Crippen LogP contribution is 2.38. The van der Waals surface area contributed by atoms with Crippen LogP contribution < -0.4 is 0 Å². The van der Waals surface area contributed by atoms with Crippen LogP contribution >= 0.6 is 0 Å². The third-order valence-corrected chi connectivity index (χ3v) is 4.37. The van der Waals surface area contributed by atoms with Gasteiger partial charge in [-0.25, -0.2) is 0 Å². The molecule has 0 unspecified atom stereocenters. The molecule has 17 heavy (non-hydrogen) atoms. The fourth-order valence-electron chi connectivity index (χ4n) is 3.46. The molecule has 0 heteroatoms. The Balaban J connectivity index is 2.54. The summed E-state index contributed by atoms with van der Waals surface area (Å²) >= 11 is 0. The van der Waals surface area contributed by atoms with Crippen molar-refractivity contribution in [1.82, 2.24) is 0 Å². The van der Waals surface area contributed by atoms with Gasteiger partial charge in [-0.15, -0.1) is 0 Å². The van der Waals surface area contributed by atoms with Gasteiger partial charge in [0.05, 0.1) is 0 Å². The van der Waals surface area contributed by atoms with E-state index < -0.39 is 0 Å². The maximum Gasteiger partial charge on any atom is -0.0156 e. The summed E-state index contributed by atoms with van der Waals surface area (Å²) < 4.78 is 0. The maximum absolute atomic E-state index is 4.03. The van der Waals surface area contributed by atoms with E-state index in [2.05, 4.69) is 39.5 Å². The van der Waals surface area contributed by atoms with Crippen LogP contribution in [0.1, 0.15) is 66.3 Å². The first-order chi connectivity index (χ1) is 8.19. The average Bonchev–Trinajstić information content (AvgIpc) is 2.82. The second-order valence-electron chi connectivity index (χ2n) is 5.34. The topological polar surface area (TPSA) is 0 Å². The van der Waals surface area contributed by atoms with E-state index in [0.717, 1.165) is 12.3 Å². The zero-order valence-electron chi connectivity index (χ0n) is 11.5. The molecule has 1 aliphatic carbocycles. The Morgan fingerprint density at radius 3 is 2.47 bits per heavy atom. The highest BCUT2D eigenvalue weighted by atomic mass is 14.3. The van der Waals surface area contributed by atoms with E-state index in [4.69, 9.17) is 0 Å². The van der Waals surface area contributed by atoms with Crippen molar-refractivity contribution < 1.29 is 0 Å². The normalized spacial score (nSPS) is 16.4. The first-order valence-corrected chi connectivity index (χ1v) is 6.94. The molecule has 0 heterocycles. The Bertz CT molecular complexity index is 420. The summed E-state index contributed by atoms with van der Waals surface area (Å²) in [5.41, 5.74) is 7.42. The van der Waals surface area contributed by atoms with Crippen molar-refractivity contribution in [2.45, 2.75) is 58.8 Å². The molecule has 92 valence electrons. The number of hydrogen-bond donors (Lipinski definition) is 0. The number of benzene rings is 1. The van der Waals surface area contributed by atoms with Crippen molar-refractivity contribution in [3.8, 4) is 0 Å². The Labute approximate surface area is 106 Å². The molecule has 1 fully saturated rings. The van der Waals surface area contributed by atoms with E-state index in [1.165, 1.54) is 47.9 Å². The first kappa shape index (κ1) is 12.4. The van der Waals surface area contributed by atoms with Crippen molar-refractivity contribution in [2.24, 2.45) is 0 Å². The Morgan fingerprint density at radius 1 is 1.29 bits per heavy atom. The van der Waals surface area contributed by atoms with Gasteiger partial charge in [-0.2, -0.15) is 0 Å². The van der Waals surface area contributed by atoms with Crippen LogP contribution in [-0.4, -0.2) is 0 Å². The van der Waals surface area contributed by atoms with Gasteiger partial charge in [0, 0.05) is 0 Å². The van der Waals surface area contributed by atoms with E-state index in [0.29, 0.717) is 0 Å². The molecule has 0 atom stereocenters. The molecule has 0 saturated heterocycles. The lowest BCUT2D eigenvalue weighted by Gasteiger charge is -2.20. The fraction of sp³-hybridized carbons (Fsp3) is 0.529. The van der Waals surface area contributed by atoms with Crippen LogP contribution in [0, 0.1) is 13.8 Å². The van der Waals surface area contributed by atoms with Crippen molar-refractivity contribution in [3.05, 3.63) is 40.5 Å². The van der Waals surface area contributed by atoms with E-state index in [1.807, 2.05) is 0 Å². The van der Waals surface area contributed by atoms with Gasteiger partial charge in [-0.1, -0.05) is 38.5 Å². The molecular weight excluding hydrogens is 204 g/mol. The Kier molecular flexibility index (Phi) is 3.71. The summed E-state index contributed by atoms with van der Waals surface area (Å²) in [6, 6.07) is 2.43. The van der Waals surface area contributed by atoms with E-state index in [9.17, 15) is 0 Å². The summed E-state index contributed by atoms with van der Waals surface area (Å²) in [5, 5.41) is 0. The molecular formula is C17H24. The minimum Gasteiger partial charge on any atom is -0.0984 e. The maximum atomic E-state index is 4.03. The molecule has 0 aromatic heterocycles. The van der Waals surface area contributed by atoms with Crippen LogP contribution in [0.2, 0.25) is 0 Å². The Hall–Kier alpha value is -1.04. The van der Waals surface area contributed by atoms with Crippen LogP contribution in [0.3, 0.4) is 0 Å². The molecule has 1 aromatic carbocycles. The lowest BCUT2D eigenvalue weighted by molar-refractivity contribution is 0.719. The predicted octanol–water partition coefficient (Wildman–Crippen LogP) is 5.17. The highest BCUT2D eigenvalue weighted by Gasteiger charge is 2.21. The molecule has 1 aromatic rings. The SMILES string of the molecule is C=Cc1c(C2CCCC2)cc(C)c(CC)c1C. The first-order valence-electron chi connectivity index (χ1n) is 6.94. The van der Waals surface area contributed by atoms with E-state index >= 15 is 0 Å². The highest BCUT2D eigenvalue weighted by molar-refractivity contribution is 5.61. The summed E-state index contributed by atoms with van der Waals surface area (Å²) in [6.07, 6.45) is 8.73. The van der Waals surface area contributed by atoms with Crippen LogP contribution in [0.4, 0.5) is 0 Å². The molecule has 0 spiro atoms. The quantitative estimate of drug-likeness (QED) is 0.669. The van der Waals surface area contributed by atoms with Gasteiger partial charge in [0.1, 0.15) is 0 Å². The molecule has 0 radical (unpaired) electrons. The summed E-state index contributed by atoms with van der Waals surface area (Å²) in [6.45, 7) is 10.8. The number of aryl methyl sites for hydroxylation is 1. The van der Waals surface area contributed by atoms with Gasteiger partial charge < -0.3 is 0 Å². The second-order valence-corrected chi connectivity index (χ2v) is 5.34. The third-order valence-electron chi connectivity index (χ3n) is 4.37. The van der Waals surface area contributed by atoms with Gasteiger partial charge in [-0.3, -0.25) is 0 Å². The van der Waals surface area contributed by atoms with Crippen molar-refractivity contribution in [1.29, 1.82) is 0 Å². The van der Waals surface area contributed by atoms with Crippen LogP contribution in [0.15, 0.2) is 12.6 Å². The van der Waals surface area contributed by atoms with Crippen LogP contribution in [-0.2, 0) is 6.42 Å².